The van der Waals surface area contributed by atoms with E-state index in [1.54, 1.807) is 0 Å². The van der Waals surface area contributed by atoms with Gasteiger partial charge in [0.15, 0.2) is 5.90 Å². The summed E-state index contributed by atoms with van der Waals surface area (Å²) in [6.07, 6.45) is 8.04. The predicted molar refractivity (Wildman–Crippen MR) is 80.5 cm³/mol. The van der Waals surface area contributed by atoms with Crippen LogP contribution in [-0.2, 0) is 14.2 Å². The standard InChI is InChI=1S/C17H24N2O3/c18-8-11-1-3-12(4-2-11)17-19-15-6-5-13(7-16(15)22-17)20-9-14-10-21-14/h11-16H,1-7,9-10H2. The second-order valence-electron chi connectivity index (χ2n) is 7.09. The van der Waals surface area contributed by atoms with E-state index in [9.17, 15) is 0 Å². The SMILES string of the molecule is N#CC1CCC(C2=NC3CCC(OCC4CO4)CC3O2)CC1. The van der Waals surface area contributed by atoms with Crippen LogP contribution in [0.2, 0.25) is 0 Å². The first kappa shape index (κ1) is 14.5. The van der Waals surface area contributed by atoms with Crippen molar-refractivity contribution in [1.82, 2.24) is 0 Å². The third kappa shape index (κ3) is 3.13. The molecular formula is C17H24N2O3. The molecule has 2 heterocycles. The lowest BCUT2D eigenvalue weighted by Crippen LogP contribution is -2.36. The highest BCUT2D eigenvalue weighted by Gasteiger charge is 2.40. The molecular weight excluding hydrogens is 280 g/mol. The zero-order chi connectivity index (χ0) is 14.9. The Labute approximate surface area is 131 Å². The van der Waals surface area contributed by atoms with E-state index < -0.39 is 0 Å². The number of aliphatic imine (C=N–C) groups is 1. The number of epoxide rings is 1. The molecule has 4 atom stereocenters. The van der Waals surface area contributed by atoms with Crippen LogP contribution >= 0.6 is 0 Å². The van der Waals surface area contributed by atoms with Gasteiger partial charge in [0, 0.05) is 18.3 Å². The fourth-order valence-electron chi connectivity index (χ4n) is 3.93. The van der Waals surface area contributed by atoms with Crippen LogP contribution < -0.4 is 0 Å². The van der Waals surface area contributed by atoms with E-state index in [0.29, 0.717) is 24.2 Å². The summed E-state index contributed by atoms with van der Waals surface area (Å²) in [6.45, 7) is 1.59. The normalized spacial score (nSPS) is 43.7. The number of hydrogen-bond donors (Lipinski definition) is 0. The summed E-state index contributed by atoms with van der Waals surface area (Å²) in [6, 6.07) is 2.73. The Morgan fingerprint density at radius 1 is 1.18 bits per heavy atom. The van der Waals surface area contributed by atoms with E-state index >= 15 is 0 Å². The van der Waals surface area contributed by atoms with Crippen molar-refractivity contribution >= 4 is 5.90 Å². The number of rotatable bonds is 4. The van der Waals surface area contributed by atoms with Crippen LogP contribution in [0.25, 0.3) is 0 Å². The Bertz CT molecular complexity index is 475. The minimum atomic E-state index is 0.211. The lowest BCUT2D eigenvalue weighted by Gasteiger charge is -2.30. The molecule has 5 heteroatoms. The Morgan fingerprint density at radius 3 is 2.73 bits per heavy atom. The maximum Gasteiger partial charge on any atom is 0.187 e. The molecule has 4 unspecified atom stereocenters. The summed E-state index contributed by atoms with van der Waals surface area (Å²) in [5.74, 6) is 1.65. The van der Waals surface area contributed by atoms with Crippen molar-refractivity contribution < 1.29 is 14.2 Å². The molecule has 0 radical (unpaired) electrons. The summed E-state index contributed by atoms with van der Waals surface area (Å²) < 4.78 is 17.3. The van der Waals surface area contributed by atoms with Gasteiger partial charge in [0.05, 0.1) is 31.4 Å². The average molecular weight is 304 g/mol. The minimum Gasteiger partial charge on any atom is -0.475 e. The summed E-state index contributed by atoms with van der Waals surface area (Å²) in [5.41, 5.74) is 0. The largest absolute Gasteiger partial charge is 0.475 e. The van der Waals surface area contributed by atoms with E-state index in [1.807, 2.05) is 0 Å². The van der Waals surface area contributed by atoms with Crippen LogP contribution in [0.15, 0.2) is 4.99 Å². The molecule has 0 amide bonds. The molecule has 120 valence electrons. The quantitative estimate of drug-likeness (QED) is 0.748. The second-order valence-corrected chi connectivity index (χ2v) is 7.09. The summed E-state index contributed by atoms with van der Waals surface area (Å²) in [4.78, 5) is 4.86. The van der Waals surface area contributed by atoms with Crippen molar-refractivity contribution in [3.05, 3.63) is 0 Å². The molecule has 0 bridgehead atoms. The summed E-state index contributed by atoms with van der Waals surface area (Å²) in [7, 11) is 0. The van der Waals surface area contributed by atoms with Gasteiger partial charge < -0.3 is 14.2 Å². The average Bonchev–Trinajstić information content (AvgIpc) is 3.30. The van der Waals surface area contributed by atoms with Gasteiger partial charge in [-0.1, -0.05) is 0 Å². The van der Waals surface area contributed by atoms with Crippen molar-refractivity contribution in [3.8, 4) is 6.07 Å². The molecule has 0 spiro atoms. The van der Waals surface area contributed by atoms with Gasteiger partial charge in [-0.25, -0.2) is 4.99 Å². The smallest absolute Gasteiger partial charge is 0.187 e. The highest BCUT2D eigenvalue weighted by molar-refractivity contribution is 5.80. The Morgan fingerprint density at radius 2 is 2.00 bits per heavy atom. The molecule has 2 aliphatic heterocycles. The van der Waals surface area contributed by atoms with E-state index in [-0.39, 0.29) is 12.0 Å². The van der Waals surface area contributed by atoms with Crippen molar-refractivity contribution in [3.63, 3.8) is 0 Å². The van der Waals surface area contributed by atoms with Crippen LogP contribution in [0.3, 0.4) is 0 Å². The van der Waals surface area contributed by atoms with E-state index in [1.165, 1.54) is 0 Å². The molecule has 0 aromatic heterocycles. The number of ether oxygens (including phenoxy) is 3. The van der Waals surface area contributed by atoms with Crippen LogP contribution in [0.1, 0.15) is 44.9 Å². The molecule has 3 fully saturated rings. The molecule has 1 saturated heterocycles. The van der Waals surface area contributed by atoms with Crippen LogP contribution in [-0.4, -0.2) is 43.5 Å². The van der Waals surface area contributed by atoms with Gasteiger partial charge in [-0.2, -0.15) is 5.26 Å². The van der Waals surface area contributed by atoms with Crippen LogP contribution in [0.4, 0.5) is 0 Å². The third-order valence-electron chi connectivity index (χ3n) is 5.45. The van der Waals surface area contributed by atoms with Gasteiger partial charge in [0.1, 0.15) is 12.2 Å². The Balaban J connectivity index is 1.28. The molecule has 0 aromatic rings. The van der Waals surface area contributed by atoms with Gasteiger partial charge in [-0.3, -0.25) is 0 Å². The first-order valence-electron chi connectivity index (χ1n) is 8.69. The van der Waals surface area contributed by atoms with E-state index in [0.717, 1.165) is 64.1 Å². The van der Waals surface area contributed by atoms with Crippen molar-refractivity contribution in [2.75, 3.05) is 13.2 Å². The fourth-order valence-corrected chi connectivity index (χ4v) is 3.93. The van der Waals surface area contributed by atoms with Crippen molar-refractivity contribution in [2.45, 2.75) is 69.3 Å². The van der Waals surface area contributed by atoms with Gasteiger partial charge in [-0.15, -0.1) is 0 Å². The number of nitriles is 1. The van der Waals surface area contributed by atoms with Gasteiger partial charge >= 0.3 is 0 Å². The van der Waals surface area contributed by atoms with Gasteiger partial charge in [-0.05, 0) is 38.5 Å². The Hall–Kier alpha value is -1.12. The highest BCUT2D eigenvalue weighted by Crippen LogP contribution is 2.36. The van der Waals surface area contributed by atoms with Gasteiger partial charge in [0.25, 0.3) is 0 Å². The molecule has 4 rings (SSSR count). The van der Waals surface area contributed by atoms with Crippen molar-refractivity contribution in [1.29, 1.82) is 5.26 Å². The maximum atomic E-state index is 9.00. The lowest BCUT2D eigenvalue weighted by molar-refractivity contribution is -0.0160. The lowest BCUT2D eigenvalue weighted by atomic mass is 9.82. The minimum absolute atomic E-state index is 0.211. The van der Waals surface area contributed by atoms with Crippen molar-refractivity contribution in [2.24, 2.45) is 16.8 Å². The molecule has 2 aliphatic carbocycles. The zero-order valence-corrected chi connectivity index (χ0v) is 12.9. The second kappa shape index (κ2) is 6.17. The first-order valence-corrected chi connectivity index (χ1v) is 8.69. The predicted octanol–water partition coefficient (Wildman–Crippen LogP) is 2.45. The maximum absolute atomic E-state index is 9.00. The molecule has 0 aromatic carbocycles. The van der Waals surface area contributed by atoms with E-state index in [4.69, 9.17) is 24.5 Å². The Kier molecular flexibility index (Phi) is 4.06. The number of fused-ring (bicyclic) bond motifs is 1. The summed E-state index contributed by atoms with van der Waals surface area (Å²) >= 11 is 0. The van der Waals surface area contributed by atoms with Crippen LogP contribution in [0.5, 0.6) is 0 Å². The molecule has 5 nitrogen and oxygen atoms in total. The van der Waals surface area contributed by atoms with Gasteiger partial charge in [0.2, 0.25) is 0 Å². The fraction of sp³-hybridized carbons (Fsp3) is 0.882. The topological polar surface area (TPSA) is 67.1 Å². The highest BCUT2D eigenvalue weighted by atomic mass is 16.6. The third-order valence-corrected chi connectivity index (χ3v) is 5.45. The zero-order valence-electron chi connectivity index (χ0n) is 12.9. The number of hydrogen-bond acceptors (Lipinski definition) is 5. The first-order chi connectivity index (χ1) is 10.8. The van der Waals surface area contributed by atoms with E-state index in [2.05, 4.69) is 6.07 Å². The summed E-state index contributed by atoms with van der Waals surface area (Å²) in [5, 5.41) is 9.00. The monoisotopic (exact) mass is 304 g/mol. The van der Waals surface area contributed by atoms with Crippen LogP contribution in [0, 0.1) is 23.2 Å². The molecule has 4 aliphatic rings. The molecule has 22 heavy (non-hydrogen) atoms. The number of nitrogens with zero attached hydrogens (tertiary/aromatic N) is 2. The molecule has 0 N–H and O–H groups in total. The molecule has 2 saturated carbocycles.